The van der Waals surface area contributed by atoms with Crippen LogP contribution in [0.25, 0.3) is 0 Å². The van der Waals surface area contributed by atoms with Crippen molar-refractivity contribution in [2.24, 2.45) is 0 Å². The van der Waals surface area contributed by atoms with Crippen molar-refractivity contribution >= 4 is 5.78 Å². The van der Waals surface area contributed by atoms with E-state index in [1.165, 1.54) is 0 Å². The van der Waals surface area contributed by atoms with E-state index in [0.717, 1.165) is 0 Å². The molecule has 0 fully saturated rings. The minimum atomic E-state index is -0.364. The number of hydrogen-bond acceptors (Lipinski definition) is 3. The lowest BCUT2D eigenvalue weighted by atomic mass is 10.2. The summed E-state index contributed by atoms with van der Waals surface area (Å²) in [6.07, 6.45) is -0.364. The molecule has 0 unspecified atom stereocenters. The van der Waals surface area contributed by atoms with Gasteiger partial charge in [0.2, 0.25) is 11.5 Å². The predicted molar refractivity (Wildman–Crippen MR) is 39.9 cm³/mol. The molecule has 0 N–H and O–H groups in total. The van der Waals surface area contributed by atoms with Crippen molar-refractivity contribution < 1.29 is 14.3 Å². The van der Waals surface area contributed by atoms with Gasteiger partial charge in [0.1, 0.15) is 5.76 Å². The zero-order valence-electron chi connectivity index (χ0n) is 7.01. The van der Waals surface area contributed by atoms with Crippen molar-refractivity contribution in [3.63, 3.8) is 0 Å². The number of carbonyl (C=O) groups excluding carboxylic acids is 1. The Morgan fingerprint density at radius 3 is 2.64 bits per heavy atom. The summed E-state index contributed by atoms with van der Waals surface area (Å²) < 4.78 is 10.2. The van der Waals surface area contributed by atoms with Crippen LogP contribution in [-0.4, -0.2) is 18.5 Å². The molecule has 1 aliphatic heterocycles. The number of hydrogen-bond donors (Lipinski definition) is 0. The van der Waals surface area contributed by atoms with Crippen LogP contribution in [-0.2, 0) is 14.3 Å². The molecular formula is C8H12O3. The first-order chi connectivity index (χ1) is 5.16. The van der Waals surface area contributed by atoms with E-state index in [4.69, 9.17) is 9.47 Å². The first-order valence-electron chi connectivity index (χ1n) is 3.71. The van der Waals surface area contributed by atoms with Crippen LogP contribution in [0.2, 0.25) is 0 Å². The maximum Gasteiger partial charge on any atom is 0.240 e. The van der Waals surface area contributed by atoms with E-state index in [1.54, 1.807) is 13.8 Å². The Hall–Kier alpha value is -0.990. The molecule has 0 radical (unpaired) electrons. The number of Topliss-reactive ketones (excluding diaryl/α,β-unsaturated/α-hetero) is 1. The van der Waals surface area contributed by atoms with E-state index in [-0.39, 0.29) is 11.9 Å². The largest absolute Gasteiger partial charge is 0.487 e. The SMILES string of the molecule is CCOC1=C(C)O[C@H](C)C1=O. The Bertz CT molecular complexity index is 205. The third-order valence-electron chi connectivity index (χ3n) is 1.56. The highest BCUT2D eigenvalue weighted by molar-refractivity contribution is 5.99. The third kappa shape index (κ3) is 1.37. The number of carbonyl (C=O) groups is 1. The summed E-state index contributed by atoms with van der Waals surface area (Å²) in [6.45, 7) is 5.81. The van der Waals surface area contributed by atoms with Gasteiger partial charge in [-0.3, -0.25) is 4.79 Å². The van der Waals surface area contributed by atoms with Gasteiger partial charge in [-0.05, 0) is 20.8 Å². The van der Waals surface area contributed by atoms with Gasteiger partial charge in [-0.15, -0.1) is 0 Å². The molecule has 0 aromatic carbocycles. The van der Waals surface area contributed by atoms with Crippen LogP contribution in [0.1, 0.15) is 20.8 Å². The van der Waals surface area contributed by atoms with Gasteiger partial charge in [0.05, 0.1) is 6.61 Å². The monoisotopic (exact) mass is 156 g/mol. The molecule has 0 spiro atoms. The fourth-order valence-corrected chi connectivity index (χ4v) is 1.05. The summed E-state index contributed by atoms with van der Waals surface area (Å²) in [5, 5.41) is 0. The number of ether oxygens (including phenoxy) is 2. The molecule has 0 aromatic rings. The second kappa shape index (κ2) is 2.95. The van der Waals surface area contributed by atoms with Crippen LogP contribution >= 0.6 is 0 Å². The summed E-state index contributed by atoms with van der Waals surface area (Å²) in [5.74, 6) is 0.939. The van der Waals surface area contributed by atoms with Crippen molar-refractivity contribution in [3.05, 3.63) is 11.5 Å². The van der Waals surface area contributed by atoms with Crippen LogP contribution in [0.15, 0.2) is 11.5 Å². The molecule has 3 nitrogen and oxygen atoms in total. The Kier molecular flexibility index (Phi) is 2.17. The van der Waals surface area contributed by atoms with Gasteiger partial charge in [-0.1, -0.05) is 0 Å². The Morgan fingerprint density at radius 2 is 2.27 bits per heavy atom. The zero-order chi connectivity index (χ0) is 8.43. The fraction of sp³-hybridized carbons (Fsp3) is 0.625. The van der Waals surface area contributed by atoms with Crippen molar-refractivity contribution in [2.75, 3.05) is 6.61 Å². The molecular weight excluding hydrogens is 144 g/mol. The first kappa shape index (κ1) is 8.11. The van der Waals surface area contributed by atoms with Crippen molar-refractivity contribution in [1.29, 1.82) is 0 Å². The molecule has 1 aliphatic rings. The minimum Gasteiger partial charge on any atom is -0.487 e. The summed E-state index contributed by atoms with van der Waals surface area (Å²) in [5.41, 5.74) is 0. The number of allylic oxidation sites excluding steroid dienone is 1. The highest BCUT2D eigenvalue weighted by Gasteiger charge is 2.30. The standard InChI is InChI=1S/C8H12O3/c1-4-10-8-6(3)11-5(2)7(8)9/h5H,4H2,1-3H3/t5-/m1/s1. The molecule has 1 rings (SSSR count). The van der Waals surface area contributed by atoms with E-state index >= 15 is 0 Å². The molecule has 0 saturated carbocycles. The summed E-state index contributed by atoms with van der Waals surface area (Å²) in [4.78, 5) is 11.2. The lowest BCUT2D eigenvalue weighted by Gasteiger charge is -2.00. The average molecular weight is 156 g/mol. The molecule has 0 aromatic heterocycles. The van der Waals surface area contributed by atoms with Gasteiger partial charge in [-0.25, -0.2) is 0 Å². The van der Waals surface area contributed by atoms with E-state index in [1.807, 2.05) is 6.92 Å². The van der Waals surface area contributed by atoms with Crippen LogP contribution in [0, 0.1) is 0 Å². The Labute approximate surface area is 66.0 Å². The minimum absolute atomic E-state index is 0.0515. The summed E-state index contributed by atoms with van der Waals surface area (Å²) in [6, 6.07) is 0. The molecule has 1 atom stereocenters. The average Bonchev–Trinajstić information content (AvgIpc) is 2.17. The Balaban J connectivity index is 2.74. The number of ketones is 1. The van der Waals surface area contributed by atoms with E-state index < -0.39 is 0 Å². The molecule has 11 heavy (non-hydrogen) atoms. The predicted octanol–water partition coefficient (Wildman–Crippen LogP) is 1.24. The van der Waals surface area contributed by atoms with Gasteiger partial charge < -0.3 is 9.47 Å². The van der Waals surface area contributed by atoms with Crippen molar-refractivity contribution in [3.8, 4) is 0 Å². The van der Waals surface area contributed by atoms with Gasteiger partial charge in [0.15, 0.2) is 6.10 Å². The lowest BCUT2D eigenvalue weighted by molar-refractivity contribution is -0.123. The normalized spacial score (nSPS) is 23.9. The molecule has 1 heterocycles. The van der Waals surface area contributed by atoms with Crippen LogP contribution in [0.4, 0.5) is 0 Å². The third-order valence-corrected chi connectivity index (χ3v) is 1.56. The highest BCUT2D eigenvalue weighted by atomic mass is 16.5. The molecule has 0 saturated heterocycles. The van der Waals surface area contributed by atoms with E-state index in [2.05, 4.69) is 0 Å². The summed E-state index contributed by atoms with van der Waals surface area (Å²) in [7, 11) is 0. The second-order valence-electron chi connectivity index (χ2n) is 2.44. The second-order valence-corrected chi connectivity index (χ2v) is 2.44. The lowest BCUT2D eigenvalue weighted by Crippen LogP contribution is -2.14. The van der Waals surface area contributed by atoms with Gasteiger partial charge in [0, 0.05) is 0 Å². The van der Waals surface area contributed by atoms with Gasteiger partial charge in [0.25, 0.3) is 0 Å². The molecule has 3 heteroatoms. The smallest absolute Gasteiger partial charge is 0.240 e. The van der Waals surface area contributed by atoms with E-state index in [0.29, 0.717) is 18.1 Å². The maximum atomic E-state index is 11.2. The molecule has 0 amide bonds. The maximum absolute atomic E-state index is 11.2. The fourth-order valence-electron chi connectivity index (χ4n) is 1.05. The van der Waals surface area contributed by atoms with Crippen LogP contribution in [0.3, 0.4) is 0 Å². The summed E-state index contributed by atoms with van der Waals surface area (Å²) >= 11 is 0. The number of rotatable bonds is 2. The Morgan fingerprint density at radius 1 is 1.64 bits per heavy atom. The van der Waals surface area contributed by atoms with Gasteiger partial charge >= 0.3 is 0 Å². The zero-order valence-corrected chi connectivity index (χ0v) is 7.01. The molecule has 0 aliphatic carbocycles. The first-order valence-corrected chi connectivity index (χ1v) is 3.71. The topological polar surface area (TPSA) is 35.5 Å². The van der Waals surface area contributed by atoms with Crippen molar-refractivity contribution in [1.82, 2.24) is 0 Å². The van der Waals surface area contributed by atoms with Crippen LogP contribution in [0.5, 0.6) is 0 Å². The molecule has 62 valence electrons. The quantitative estimate of drug-likeness (QED) is 0.603. The van der Waals surface area contributed by atoms with E-state index in [9.17, 15) is 4.79 Å². The molecule has 0 bridgehead atoms. The highest BCUT2D eigenvalue weighted by Crippen LogP contribution is 2.21. The van der Waals surface area contributed by atoms with Crippen LogP contribution < -0.4 is 0 Å². The van der Waals surface area contributed by atoms with Gasteiger partial charge in [-0.2, -0.15) is 0 Å². The van der Waals surface area contributed by atoms with Crippen molar-refractivity contribution in [2.45, 2.75) is 26.9 Å².